The summed E-state index contributed by atoms with van der Waals surface area (Å²) in [5, 5.41) is 7.63. The fraction of sp³-hybridized carbons (Fsp3) is 0.514. The molecular formula is C35H46N6O3. The van der Waals surface area contributed by atoms with Crippen LogP contribution in [0.3, 0.4) is 0 Å². The summed E-state index contributed by atoms with van der Waals surface area (Å²) < 4.78 is 0. The molecule has 1 aromatic heterocycles. The first-order chi connectivity index (χ1) is 21.2. The molecule has 0 saturated carbocycles. The normalized spacial score (nSPS) is 22.3. The molecule has 4 atom stereocenters. The van der Waals surface area contributed by atoms with Crippen LogP contribution in [-0.2, 0) is 15.0 Å². The van der Waals surface area contributed by atoms with E-state index in [2.05, 4.69) is 39.9 Å². The highest BCUT2D eigenvalue weighted by Crippen LogP contribution is 2.52. The van der Waals surface area contributed by atoms with Crippen molar-refractivity contribution < 1.29 is 14.4 Å². The van der Waals surface area contributed by atoms with Crippen molar-refractivity contribution >= 4 is 28.7 Å². The van der Waals surface area contributed by atoms with E-state index in [9.17, 15) is 14.4 Å². The number of nitrogens with zero attached hydrogens (tertiary/aromatic N) is 3. The number of para-hydroxylation sites is 1. The number of piperidine rings is 2. The van der Waals surface area contributed by atoms with Crippen LogP contribution in [0, 0.1) is 0 Å². The lowest BCUT2D eigenvalue weighted by atomic mass is 9.73. The zero-order valence-electron chi connectivity index (χ0n) is 26.4. The van der Waals surface area contributed by atoms with Gasteiger partial charge in [0.05, 0.1) is 5.92 Å². The predicted octanol–water partition coefficient (Wildman–Crippen LogP) is 4.17. The van der Waals surface area contributed by atoms with Crippen molar-refractivity contribution in [2.45, 2.75) is 68.4 Å². The third-order valence-corrected chi connectivity index (χ3v) is 10.6. The molecule has 4 amide bonds. The van der Waals surface area contributed by atoms with Gasteiger partial charge < -0.3 is 30.3 Å². The molecule has 2 saturated heterocycles. The van der Waals surface area contributed by atoms with E-state index in [-0.39, 0.29) is 41.1 Å². The van der Waals surface area contributed by atoms with Crippen molar-refractivity contribution in [2.24, 2.45) is 0 Å². The summed E-state index contributed by atoms with van der Waals surface area (Å²) in [6.45, 7) is 4.94. The molecule has 2 unspecified atom stereocenters. The number of amides is 4. The van der Waals surface area contributed by atoms with Gasteiger partial charge in [0.25, 0.3) is 0 Å². The molecule has 3 aromatic rings. The van der Waals surface area contributed by atoms with Gasteiger partial charge in [0.1, 0.15) is 6.04 Å². The molecule has 0 bridgehead atoms. The van der Waals surface area contributed by atoms with Crippen molar-refractivity contribution in [3.8, 4) is 0 Å². The second-order valence-corrected chi connectivity index (χ2v) is 13.3. The van der Waals surface area contributed by atoms with Crippen LogP contribution >= 0.6 is 0 Å². The highest BCUT2D eigenvalue weighted by Gasteiger charge is 2.49. The van der Waals surface area contributed by atoms with Gasteiger partial charge in [-0.1, -0.05) is 49.4 Å². The number of carbonyl (C=O) groups excluding carboxylic acids is 3. The smallest absolute Gasteiger partial charge is 0.318 e. The molecule has 9 nitrogen and oxygen atoms in total. The van der Waals surface area contributed by atoms with Gasteiger partial charge in [0.2, 0.25) is 11.8 Å². The Labute approximate surface area is 260 Å². The number of aromatic amines is 1. The number of hydrogen-bond donors (Lipinski definition) is 3. The number of hydrogen-bond acceptors (Lipinski definition) is 4. The Bertz CT molecular complexity index is 1520. The zero-order chi connectivity index (χ0) is 31.0. The largest absolute Gasteiger partial charge is 0.361 e. The number of nitrogens with one attached hydrogen (secondary N) is 3. The van der Waals surface area contributed by atoms with Gasteiger partial charge in [0.15, 0.2) is 0 Å². The lowest BCUT2D eigenvalue weighted by Crippen LogP contribution is -2.58. The maximum atomic E-state index is 14.4. The fourth-order valence-electron chi connectivity index (χ4n) is 7.87. The monoisotopic (exact) mass is 598 g/mol. The number of aromatic nitrogens is 1. The molecule has 234 valence electrons. The van der Waals surface area contributed by atoms with Gasteiger partial charge >= 0.3 is 6.03 Å². The molecule has 1 spiro atoms. The number of rotatable bonds is 6. The van der Waals surface area contributed by atoms with Crippen LogP contribution in [0.2, 0.25) is 0 Å². The predicted molar refractivity (Wildman–Crippen MR) is 173 cm³/mol. The first kappa shape index (κ1) is 30.2. The molecule has 2 fully saturated rings. The molecule has 3 N–H and O–H groups in total. The van der Waals surface area contributed by atoms with E-state index in [0.29, 0.717) is 13.1 Å². The van der Waals surface area contributed by atoms with Crippen LogP contribution in [0.15, 0.2) is 54.7 Å². The highest BCUT2D eigenvalue weighted by molar-refractivity contribution is 5.90. The zero-order valence-corrected chi connectivity index (χ0v) is 26.4. The topological polar surface area (TPSA) is 101 Å². The maximum absolute atomic E-state index is 14.4. The average Bonchev–Trinajstić information content (AvgIpc) is 3.63. The summed E-state index contributed by atoms with van der Waals surface area (Å²) in [6.07, 6.45) is 6.30. The van der Waals surface area contributed by atoms with Crippen molar-refractivity contribution in [2.75, 3.05) is 47.3 Å². The number of likely N-dealkylation sites (tertiary alicyclic amines) is 1. The standard InChI is InChI=1S/C35H46N6O3/c1-23(28-22-37-30-14-8-6-12-26(28)30)31(38-34(44)40(4)24-10-9-17-36-21-24)33(43)41-18-15-35(16-19-41)20-27(32(42)39(2)3)25-11-5-7-13-29(25)35/h5-8,11-14,22-24,27,31,36-37H,9-10,15-21H2,1-4H3,(H,38,44)/t23-,24?,27-,31?/m1/s1. The Morgan fingerprint density at radius 2 is 1.75 bits per heavy atom. The quantitative estimate of drug-likeness (QED) is 0.397. The number of urea groups is 1. The summed E-state index contributed by atoms with van der Waals surface area (Å²) in [4.78, 5) is 50.0. The lowest BCUT2D eigenvalue weighted by Gasteiger charge is -2.42. The van der Waals surface area contributed by atoms with Crippen LogP contribution in [0.4, 0.5) is 4.79 Å². The van der Waals surface area contributed by atoms with E-state index in [1.165, 1.54) is 5.56 Å². The average molecular weight is 599 g/mol. The summed E-state index contributed by atoms with van der Waals surface area (Å²) in [7, 11) is 5.48. The molecule has 3 aliphatic rings. The molecule has 6 rings (SSSR count). The van der Waals surface area contributed by atoms with Crippen LogP contribution in [-0.4, -0.2) is 96.9 Å². The Balaban J connectivity index is 1.23. The second-order valence-electron chi connectivity index (χ2n) is 13.3. The van der Waals surface area contributed by atoms with Gasteiger partial charge in [-0.2, -0.15) is 0 Å². The molecule has 1 aliphatic carbocycles. The summed E-state index contributed by atoms with van der Waals surface area (Å²) in [5.41, 5.74) is 4.29. The Morgan fingerprint density at radius 1 is 1.02 bits per heavy atom. The fourth-order valence-corrected chi connectivity index (χ4v) is 7.87. The van der Waals surface area contributed by atoms with E-state index < -0.39 is 6.04 Å². The first-order valence-corrected chi connectivity index (χ1v) is 16.1. The molecule has 2 aromatic carbocycles. The second kappa shape index (κ2) is 12.3. The van der Waals surface area contributed by atoms with Gasteiger partial charge in [-0.15, -0.1) is 0 Å². The van der Waals surface area contributed by atoms with E-state index in [1.807, 2.05) is 63.4 Å². The minimum atomic E-state index is -0.714. The van der Waals surface area contributed by atoms with Crippen LogP contribution < -0.4 is 10.6 Å². The van der Waals surface area contributed by atoms with E-state index in [1.54, 1.807) is 9.80 Å². The number of benzene rings is 2. The van der Waals surface area contributed by atoms with Gasteiger partial charge in [-0.3, -0.25) is 9.59 Å². The number of carbonyl (C=O) groups is 3. The summed E-state index contributed by atoms with van der Waals surface area (Å²) >= 11 is 0. The van der Waals surface area contributed by atoms with E-state index >= 15 is 0 Å². The third kappa shape index (κ3) is 5.47. The number of likely N-dealkylation sites (N-methyl/N-ethyl adjacent to an activating group) is 2. The molecule has 2 aliphatic heterocycles. The minimum Gasteiger partial charge on any atom is -0.361 e. The van der Waals surface area contributed by atoms with Gasteiger partial charge in [-0.05, 0) is 61.4 Å². The van der Waals surface area contributed by atoms with E-state index in [0.717, 1.165) is 67.2 Å². The summed E-state index contributed by atoms with van der Waals surface area (Å²) in [6, 6.07) is 15.6. The van der Waals surface area contributed by atoms with Gasteiger partial charge in [0, 0.05) is 75.3 Å². The van der Waals surface area contributed by atoms with Gasteiger partial charge in [-0.25, -0.2) is 4.79 Å². The van der Waals surface area contributed by atoms with Crippen LogP contribution in [0.5, 0.6) is 0 Å². The molecule has 0 radical (unpaired) electrons. The first-order valence-electron chi connectivity index (χ1n) is 16.1. The van der Waals surface area contributed by atoms with Crippen LogP contribution in [0.25, 0.3) is 10.9 Å². The maximum Gasteiger partial charge on any atom is 0.318 e. The molecular weight excluding hydrogens is 552 g/mol. The van der Waals surface area contributed by atoms with Crippen molar-refractivity contribution in [3.63, 3.8) is 0 Å². The summed E-state index contributed by atoms with van der Waals surface area (Å²) in [5.74, 6) is -0.304. The van der Waals surface area contributed by atoms with Crippen molar-refractivity contribution in [1.82, 2.24) is 30.3 Å². The SMILES string of the molecule is C[C@H](c1c[nH]c2ccccc12)C(NC(=O)N(C)C1CCCNC1)C(=O)N1CCC2(CC1)C[C@@H](C(=O)N(C)C)c1ccccc12. The Kier molecular flexibility index (Phi) is 8.42. The van der Waals surface area contributed by atoms with E-state index in [4.69, 9.17) is 0 Å². The Hall–Kier alpha value is -3.85. The molecule has 9 heteroatoms. The highest BCUT2D eigenvalue weighted by atomic mass is 16.2. The lowest BCUT2D eigenvalue weighted by molar-refractivity contribution is -0.136. The minimum absolute atomic E-state index is 0.0478. The molecule has 3 heterocycles. The third-order valence-electron chi connectivity index (χ3n) is 10.6. The van der Waals surface area contributed by atoms with Crippen LogP contribution in [0.1, 0.15) is 67.6 Å². The van der Waals surface area contributed by atoms with Crippen molar-refractivity contribution in [3.05, 3.63) is 71.4 Å². The molecule has 44 heavy (non-hydrogen) atoms. The Morgan fingerprint density at radius 3 is 2.48 bits per heavy atom. The number of H-pyrrole nitrogens is 1. The van der Waals surface area contributed by atoms with Crippen molar-refractivity contribution in [1.29, 1.82) is 0 Å². The number of fused-ring (bicyclic) bond motifs is 3.